The molecule has 0 saturated carbocycles. The van der Waals surface area contributed by atoms with Crippen LogP contribution in [0.15, 0.2) is 48.7 Å². The lowest BCUT2D eigenvalue weighted by atomic mass is 9.95. The fraction of sp³-hybridized carbons (Fsp3) is 0.364. The molecule has 0 unspecified atom stereocenters. The van der Waals surface area contributed by atoms with E-state index in [1.54, 1.807) is 18.3 Å². The number of halogens is 1. The van der Waals surface area contributed by atoms with Crippen molar-refractivity contribution in [3.8, 4) is 35.4 Å². The number of fused-ring (bicyclic) bond motifs is 5. The fourth-order valence-electron chi connectivity index (χ4n) is 7.56. The Morgan fingerprint density at radius 2 is 1.90 bits per heavy atom. The molecule has 2 atom stereocenters. The summed E-state index contributed by atoms with van der Waals surface area (Å²) in [5, 5.41) is 15.9. The van der Waals surface area contributed by atoms with Gasteiger partial charge in [0.25, 0.3) is 0 Å². The standard InChI is InChI=1S/C33H31FN6O2/c1-2-20-6-3-7-21-14-24(41)15-25(27(20)21)29-28(34)30-26(18-36-29)31(40-22-8-9-23(40)17-35-16-22)38-32(37-30)42-19-33-10-4-12-39(33)13-5-11-33/h1,3,6-9,14-15,18,22-23,35,41H,4-5,10-13,16-17,19H2/t22-,23+. The Kier molecular flexibility index (Phi) is 5.85. The molecule has 4 aliphatic heterocycles. The smallest absolute Gasteiger partial charge is 0.319 e. The van der Waals surface area contributed by atoms with Crippen LogP contribution in [0.4, 0.5) is 10.2 Å². The van der Waals surface area contributed by atoms with E-state index in [0.29, 0.717) is 39.7 Å². The summed E-state index contributed by atoms with van der Waals surface area (Å²) in [7, 11) is 0. The minimum atomic E-state index is -0.600. The number of benzene rings is 2. The molecule has 2 bridgehead atoms. The highest BCUT2D eigenvalue weighted by molar-refractivity contribution is 6.03. The predicted octanol–water partition coefficient (Wildman–Crippen LogP) is 4.39. The van der Waals surface area contributed by atoms with Gasteiger partial charge in [0.05, 0.1) is 23.0 Å². The van der Waals surface area contributed by atoms with Crippen molar-refractivity contribution >= 4 is 27.5 Å². The number of phenols is 1. The lowest BCUT2D eigenvalue weighted by Gasteiger charge is -2.37. The number of aromatic hydroxyl groups is 1. The van der Waals surface area contributed by atoms with Gasteiger partial charge in [-0.3, -0.25) is 9.88 Å². The normalized spacial score (nSPS) is 22.6. The van der Waals surface area contributed by atoms with Gasteiger partial charge in [0.1, 0.15) is 29.4 Å². The Bertz CT molecular complexity index is 1790. The van der Waals surface area contributed by atoms with Crippen LogP contribution < -0.4 is 15.0 Å². The SMILES string of the molecule is C#Cc1cccc2cc(O)cc(-c3ncc4c(N5[C@@H]6C=C[C@H]5CNC6)nc(OCC56CCCN5CCC6)nc4c3F)c12. The highest BCUT2D eigenvalue weighted by Crippen LogP contribution is 2.41. The van der Waals surface area contributed by atoms with Crippen molar-refractivity contribution in [3.63, 3.8) is 0 Å². The maximum atomic E-state index is 16.7. The summed E-state index contributed by atoms with van der Waals surface area (Å²) in [6.45, 7) is 4.19. The fourth-order valence-corrected chi connectivity index (χ4v) is 7.56. The summed E-state index contributed by atoms with van der Waals surface area (Å²) < 4.78 is 23.1. The average Bonchev–Trinajstić information content (AvgIpc) is 3.65. The van der Waals surface area contributed by atoms with Crippen LogP contribution >= 0.6 is 0 Å². The van der Waals surface area contributed by atoms with Crippen molar-refractivity contribution in [1.82, 2.24) is 25.2 Å². The molecule has 0 amide bonds. The van der Waals surface area contributed by atoms with Crippen LogP contribution in [0.1, 0.15) is 31.2 Å². The first-order valence-corrected chi connectivity index (χ1v) is 14.7. The van der Waals surface area contributed by atoms with E-state index in [0.717, 1.165) is 51.9 Å². The van der Waals surface area contributed by atoms with Crippen LogP contribution in [0.2, 0.25) is 0 Å². The van der Waals surface area contributed by atoms with Crippen LogP contribution in [0, 0.1) is 18.2 Å². The molecular weight excluding hydrogens is 531 g/mol. The monoisotopic (exact) mass is 562 g/mol. The zero-order valence-corrected chi connectivity index (χ0v) is 23.2. The molecule has 3 fully saturated rings. The van der Waals surface area contributed by atoms with E-state index in [4.69, 9.17) is 16.1 Å². The van der Waals surface area contributed by atoms with Crippen molar-refractivity contribution < 1.29 is 14.2 Å². The van der Waals surface area contributed by atoms with Crippen LogP contribution in [-0.2, 0) is 0 Å². The van der Waals surface area contributed by atoms with Gasteiger partial charge in [0, 0.05) is 35.8 Å². The molecule has 6 heterocycles. The summed E-state index contributed by atoms with van der Waals surface area (Å²) in [6.07, 6.45) is 16.3. The zero-order valence-electron chi connectivity index (χ0n) is 23.2. The first-order chi connectivity index (χ1) is 20.5. The van der Waals surface area contributed by atoms with Crippen molar-refractivity contribution in [2.75, 3.05) is 37.7 Å². The van der Waals surface area contributed by atoms with E-state index in [-0.39, 0.29) is 40.6 Å². The number of phenolic OH excluding ortho intramolecular Hbond substituents is 1. The van der Waals surface area contributed by atoms with E-state index in [9.17, 15) is 5.11 Å². The van der Waals surface area contributed by atoms with Gasteiger partial charge in [-0.1, -0.05) is 30.2 Å². The highest BCUT2D eigenvalue weighted by Gasteiger charge is 2.45. The Balaban J connectivity index is 1.29. The van der Waals surface area contributed by atoms with Gasteiger partial charge < -0.3 is 20.1 Å². The number of ether oxygens (including phenoxy) is 1. The quantitative estimate of drug-likeness (QED) is 0.274. The van der Waals surface area contributed by atoms with E-state index < -0.39 is 5.82 Å². The lowest BCUT2D eigenvalue weighted by molar-refractivity contribution is 0.108. The molecule has 2 N–H and O–H groups in total. The number of aromatic nitrogens is 3. The first-order valence-electron chi connectivity index (χ1n) is 14.7. The molecule has 42 heavy (non-hydrogen) atoms. The number of anilines is 1. The summed E-state index contributed by atoms with van der Waals surface area (Å²) in [5.74, 6) is 2.71. The molecule has 2 aromatic heterocycles. The average molecular weight is 563 g/mol. The largest absolute Gasteiger partial charge is 0.508 e. The molecule has 0 radical (unpaired) electrons. The van der Waals surface area contributed by atoms with Gasteiger partial charge in [-0.15, -0.1) is 6.42 Å². The van der Waals surface area contributed by atoms with Crippen molar-refractivity contribution in [3.05, 3.63) is 60.1 Å². The van der Waals surface area contributed by atoms with Gasteiger partial charge in [-0.2, -0.15) is 9.97 Å². The summed E-state index contributed by atoms with van der Waals surface area (Å²) in [4.78, 5) is 18.9. The van der Waals surface area contributed by atoms with Crippen LogP contribution in [0.5, 0.6) is 11.8 Å². The Morgan fingerprint density at radius 1 is 1.12 bits per heavy atom. The molecule has 8 nitrogen and oxygen atoms in total. The highest BCUT2D eigenvalue weighted by atomic mass is 19.1. The summed E-state index contributed by atoms with van der Waals surface area (Å²) in [5.41, 5.74) is 1.22. The maximum absolute atomic E-state index is 16.7. The third-order valence-corrected chi connectivity index (χ3v) is 9.52. The molecule has 4 aliphatic rings. The number of nitrogens with zero attached hydrogens (tertiary/aromatic N) is 5. The second kappa shape index (κ2) is 9.65. The molecule has 4 aromatic rings. The van der Waals surface area contributed by atoms with E-state index in [1.165, 1.54) is 6.07 Å². The van der Waals surface area contributed by atoms with Crippen LogP contribution in [0.3, 0.4) is 0 Å². The number of pyridine rings is 1. The van der Waals surface area contributed by atoms with Gasteiger partial charge in [0.15, 0.2) is 5.82 Å². The molecular formula is C33H31FN6O2. The van der Waals surface area contributed by atoms with Crippen molar-refractivity contribution in [1.29, 1.82) is 0 Å². The minimum absolute atomic E-state index is 0.000714. The zero-order chi connectivity index (χ0) is 28.4. The number of hydrogen-bond donors (Lipinski definition) is 2. The minimum Gasteiger partial charge on any atom is -0.508 e. The third-order valence-electron chi connectivity index (χ3n) is 9.52. The van der Waals surface area contributed by atoms with Gasteiger partial charge in [-0.05, 0) is 62.4 Å². The molecule has 212 valence electrons. The Hall–Kier alpha value is -4.26. The molecule has 2 aromatic carbocycles. The molecule has 0 aliphatic carbocycles. The molecule has 0 spiro atoms. The van der Waals surface area contributed by atoms with Gasteiger partial charge in [-0.25, -0.2) is 4.39 Å². The lowest BCUT2D eigenvalue weighted by Crippen LogP contribution is -2.53. The van der Waals surface area contributed by atoms with Crippen molar-refractivity contribution in [2.24, 2.45) is 0 Å². The van der Waals surface area contributed by atoms with Gasteiger partial charge >= 0.3 is 6.01 Å². The predicted molar refractivity (Wildman–Crippen MR) is 160 cm³/mol. The summed E-state index contributed by atoms with van der Waals surface area (Å²) >= 11 is 0. The maximum Gasteiger partial charge on any atom is 0.319 e. The second-order valence-electron chi connectivity index (χ2n) is 11.8. The number of nitrogens with one attached hydrogen (secondary N) is 1. The van der Waals surface area contributed by atoms with E-state index in [1.807, 2.05) is 12.1 Å². The van der Waals surface area contributed by atoms with Gasteiger partial charge in [0.2, 0.25) is 0 Å². The van der Waals surface area contributed by atoms with E-state index >= 15 is 4.39 Å². The molecule has 3 saturated heterocycles. The Labute approximate surface area is 243 Å². The summed E-state index contributed by atoms with van der Waals surface area (Å²) in [6, 6.07) is 8.93. The second-order valence-corrected chi connectivity index (χ2v) is 11.8. The molecule has 8 rings (SSSR count). The first kappa shape index (κ1) is 25.5. The van der Waals surface area contributed by atoms with Crippen molar-refractivity contribution in [2.45, 2.75) is 43.3 Å². The van der Waals surface area contributed by atoms with E-state index in [2.05, 4.69) is 43.2 Å². The number of piperazine rings is 1. The topological polar surface area (TPSA) is 86.6 Å². The third kappa shape index (κ3) is 3.86. The molecule has 9 heteroatoms. The number of rotatable bonds is 5. The number of terminal acetylenes is 1. The Morgan fingerprint density at radius 3 is 2.67 bits per heavy atom. The van der Waals surface area contributed by atoms with Crippen LogP contribution in [0.25, 0.3) is 32.9 Å². The number of hydrogen-bond acceptors (Lipinski definition) is 8. The van der Waals surface area contributed by atoms with Crippen LogP contribution in [-0.4, -0.2) is 75.4 Å².